The Morgan fingerprint density at radius 2 is 2.20 bits per heavy atom. The first kappa shape index (κ1) is 10.3. The van der Waals surface area contributed by atoms with Crippen molar-refractivity contribution in [3.8, 4) is 0 Å². The Balaban J connectivity index is 0.000000162. The van der Waals surface area contributed by atoms with E-state index in [0.717, 1.165) is 4.05 Å². The van der Waals surface area contributed by atoms with Gasteiger partial charge in [-0.3, -0.25) is 0 Å². The van der Waals surface area contributed by atoms with Gasteiger partial charge in [-0.25, -0.2) is 4.98 Å². The van der Waals surface area contributed by atoms with Crippen LogP contribution in [0.25, 0.3) is 0 Å². The molecule has 4 heteroatoms. The standard InChI is InChI=1S/C3H3NO.C3H7.ClH.Mg/c1-2-5-3-4-1;1-3-2;;/h1-3H;3H,1-2H3;1H;/q;;;+1/p-1. The zero-order valence-corrected chi connectivity index (χ0v) is 8.42. The number of aromatic nitrogens is 1. The first-order valence-corrected chi connectivity index (χ1v) is 6.11. The van der Waals surface area contributed by atoms with Crippen molar-refractivity contribution in [1.82, 2.24) is 4.98 Å². The van der Waals surface area contributed by atoms with Crippen molar-refractivity contribution in [3.05, 3.63) is 18.9 Å². The molecule has 0 spiro atoms. The minimum Gasteiger partial charge on any atom is -0.452 e. The van der Waals surface area contributed by atoms with Gasteiger partial charge >= 0.3 is 19.3 Å². The lowest BCUT2D eigenvalue weighted by atomic mass is 10.6. The van der Waals surface area contributed by atoms with Crippen LogP contribution in [-0.4, -0.2) is 24.2 Å². The van der Waals surface area contributed by atoms with Crippen LogP contribution in [0.2, 0.25) is 4.05 Å². The molecule has 0 atom stereocenters. The lowest BCUT2D eigenvalue weighted by Gasteiger charge is -1.85. The normalized spacial score (nSPS) is 8.00. The summed E-state index contributed by atoms with van der Waals surface area (Å²) in [6.45, 7) is 4.30. The van der Waals surface area contributed by atoms with Gasteiger partial charge in [0.2, 0.25) is 0 Å². The van der Waals surface area contributed by atoms with Crippen LogP contribution in [0.4, 0.5) is 0 Å². The SMILES string of the molecule is C[CH](C)[Mg][Cl].c1cocn1. The number of nitrogens with zero attached hydrogens (tertiary/aromatic N) is 1. The second-order valence-corrected chi connectivity index (χ2v) is 5.09. The summed E-state index contributed by atoms with van der Waals surface area (Å²) in [7, 11) is 5.48. The zero-order valence-electron chi connectivity index (χ0n) is 6.25. The number of hydrogen-bond acceptors (Lipinski definition) is 2. The summed E-state index contributed by atoms with van der Waals surface area (Å²) in [6.07, 6.45) is 4.47. The van der Waals surface area contributed by atoms with Gasteiger partial charge in [-0.15, -0.1) is 4.05 Å². The third kappa shape index (κ3) is 8.27. The van der Waals surface area contributed by atoms with Crippen LogP contribution in [0.3, 0.4) is 0 Å². The second kappa shape index (κ2) is 7.37. The smallest absolute Gasteiger partial charge is 0.452 e. The van der Waals surface area contributed by atoms with E-state index in [0.29, 0.717) is 0 Å². The molecule has 0 aromatic carbocycles. The molecule has 0 amide bonds. The summed E-state index contributed by atoms with van der Waals surface area (Å²) >= 11 is -0.179. The maximum Gasteiger partial charge on any atom is 0.503 e. The summed E-state index contributed by atoms with van der Waals surface area (Å²) in [5, 5.41) is 0. The van der Waals surface area contributed by atoms with Crippen LogP contribution in [0.5, 0.6) is 0 Å². The highest BCUT2D eigenvalue weighted by Crippen LogP contribution is 1.96. The Hall–Kier alpha value is 0.266. The molecule has 1 rings (SSSR count). The summed E-state index contributed by atoms with van der Waals surface area (Å²) < 4.78 is 5.26. The largest absolute Gasteiger partial charge is 0.503 e. The molecule has 1 aromatic rings. The third-order valence-electron chi connectivity index (χ3n) is 0.656. The van der Waals surface area contributed by atoms with E-state index in [2.05, 4.69) is 23.2 Å². The van der Waals surface area contributed by atoms with Gasteiger partial charge in [0.05, 0.1) is 6.20 Å². The molecule has 0 fully saturated rings. The molecule has 10 heavy (non-hydrogen) atoms. The van der Waals surface area contributed by atoms with Gasteiger partial charge in [-0.1, -0.05) is 13.8 Å². The van der Waals surface area contributed by atoms with Crippen molar-refractivity contribution in [3.63, 3.8) is 0 Å². The zero-order chi connectivity index (χ0) is 7.82. The number of rotatable bonds is 1. The lowest BCUT2D eigenvalue weighted by Crippen LogP contribution is -1.80. The van der Waals surface area contributed by atoms with E-state index < -0.39 is 0 Å². The van der Waals surface area contributed by atoms with Gasteiger partial charge in [0, 0.05) is 0 Å². The molecule has 0 aliphatic rings. The maximum absolute atomic E-state index is 5.48. The van der Waals surface area contributed by atoms with E-state index >= 15 is 0 Å². The first-order chi connectivity index (χ1) is 4.77. The van der Waals surface area contributed by atoms with Gasteiger partial charge in [0.1, 0.15) is 6.26 Å². The van der Waals surface area contributed by atoms with Crippen molar-refractivity contribution in [2.75, 3.05) is 0 Å². The van der Waals surface area contributed by atoms with Crippen LogP contribution in [-0.2, 0) is 0 Å². The predicted octanol–water partition coefficient (Wildman–Crippen LogP) is 2.35. The average Bonchev–Trinajstić information content (AvgIpc) is 2.43. The Morgan fingerprint density at radius 3 is 2.30 bits per heavy atom. The van der Waals surface area contributed by atoms with Crippen LogP contribution in [0.1, 0.15) is 13.8 Å². The minimum absolute atomic E-state index is 0.179. The van der Waals surface area contributed by atoms with Gasteiger partial charge in [0.15, 0.2) is 6.39 Å². The summed E-state index contributed by atoms with van der Waals surface area (Å²) in [4.78, 5) is 3.56. The van der Waals surface area contributed by atoms with Gasteiger partial charge in [0.25, 0.3) is 0 Å². The third-order valence-corrected chi connectivity index (χ3v) is 3.12. The quantitative estimate of drug-likeness (QED) is 0.607. The van der Waals surface area contributed by atoms with Crippen LogP contribution in [0, 0.1) is 0 Å². The fourth-order valence-electron chi connectivity index (χ4n) is 0.176. The lowest BCUT2D eigenvalue weighted by molar-refractivity contribution is 0.558. The summed E-state index contributed by atoms with van der Waals surface area (Å²) in [5.74, 6) is 0. The molecule has 1 aromatic heterocycles. The number of hydrogen-bond donors (Lipinski definition) is 0. The molecule has 0 saturated heterocycles. The first-order valence-electron chi connectivity index (χ1n) is 3.15. The highest BCUT2D eigenvalue weighted by atomic mass is 35.5. The molecule has 0 radical (unpaired) electrons. The van der Waals surface area contributed by atoms with E-state index in [1.165, 1.54) is 12.7 Å². The van der Waals surface area contributed by atoms with E-state index in [4.69, 9.17) is 9.07 Å². The van der Waals surface area contributed by atoms with Crippen molar-refractivity contribution in [1.29, 1.82) is 0 Å². The van der Waals surface area contributed by atoms with Gasteiger partial charge in [-0.05, 0) is 0 Å². The molecule has 0 aliphatic carbocycles. The van der Waals surface area contributed by atoms with Crippen molar-refractivity contribution < 1.29 is 4.42 Å². The van der Waals surface area contributed by atoms with E-state index in [-0.39, 0.29) is 19.3 Å². The Kier molecular flexibility index (Phi) is 7.57. The Labute approximate surface area is 74.5 Å². The number of oxazole rings is 1. The second-order valence-electron chi connectivity index (χ2n) is 2.22. The van der Waals surface area contributed by atoms with E-state index in [1.807, 2.05) is 0 Å². The van der Waals surface area contributed by atoms with Crippen LogP contribution >= 0.6 is 9.07 Å². The minimum atomic E-state index is -0.179. The molecular formula is C6H10ClMgNO. The van der Waals surface area contributed by atoms with Crippen molar-refractivity contribution in [2.45, 2.75) is 17.9 Å². The van der Waals surface area contributed by atoms with Crippen LogP contribution in [0.15, 0.2) is 23.3 Å². The molecule has 0 unspecified atom stereocenters. The van der Waals surface area contributed by atoms with Crippen LogP contribution < -0.4 is 0 Å². The Bertz CT molecular complexity index is 115. The van der Waals surface area contributed by atoms with E-state index in [1.54, 1.807) is 6.20 Å². The fourth-order valence-corrected chi connectivity index (χ4v) is 0.176. The van der Waals surface area contributed by atoms with Crippen molar-refractivity contribution >= 4 is 28.3 Å². The highest BCUT2D eigenvalue weighted by molar-refractivity contribution is 6.94. The molecule has 1 heterocycles. The highest BCUT2D eigenvalue weighted by Gasteiger charge is 1.92. The molecule has 54 valence electrons. The monoisotopic (exact) mass is 171 g/mol. The molecule has 0 bridgehead atoms. The molecule has 0 aliphatic heterocycles. The van der Waals surface area contributed by atoms with E-state index in [9.17, 15) is 0 Å². The van der Waals surface area contributed by atoms with Gasteiger partial charge < -0.3 is 13.5 Å². The maximum atomic E-state index is 5.48. The predicted molar refractivity (Wildman–Crippen MR) is 43.2 cm³/mol. The topological polar surface area (TPSA) is 26.0 Å². The summed E-state index contributed by atoms with van der Waals surface area (Å²) in [5.41, 5.74) is 0. The molecule has 0 N–H and O–H groups in total. The number of halogens is 1. The molecule has 0 saturated carbocycles. The molecular weight excluding hydrogens is 162 g/mol. The summed E-state index contributed by atoms with van der Waals surface area (Å²) in [6, 6.07) is 0. The molecule has 2 nitrogen and oxygen atoms in total. The average molecular weight is 172 g/mol. The Morgan fingerprint density at radius 1 is 1.60 bits per heavy atom. The van der Waals surface area contributed by atoms with Crippen molar-refractivity contribution in [2.24, 2.45) is 0 Å². The fraction of sp³-hybridized carbons (Fsp3) is 0.500. The van der Waals surface area contributed by atoms with Gasteiger partial charge in [-0.2, -0.15) is 0 Å².